The molecule has 3 aliphatic rings. The number of carbonyl (C=O) groups is 4. The van der Waals surface area contributed by atoms with Crippen molar-refractivity contribution in [2.75, 3.05) is 6.54 Å². The zero-order valence-electron chi connectivity index (χ0n) is 33.5. The summed E-state index contributed by atoms with van der Waals surface area (Å²) >= 11 is 0. The van der Waals surface area contributed by atoms with Crippen LogP contribution in [0.4, 0.5) is 30.7 Å². The second kappa shape index (κ2) is 17.1. The number of halogens is 7. The highest BCUT2D eigenvalue weighted by molar-refractivity contribution is 7.91. The number of pyridine rings is 1. The van der Waals surface area contributed by atoms with Crippen molar-refractivity contribution in [3.05, 3.63) is 54.4 Å². The molecule has 2 aliphatic heterocycles. The van der Waals surface area contributed by atoms with Gasteiger partial charge < -0.3 is 30.1 Å². The van der Waals surface area contributed by atoms with Crippen LogP contribution >= 0.6 is 0 Å². The molecule has 1 aliphatic carbocycles. The predicted octanol–water partition coefficient (Wildman–Crippen LogP) is 5.21. The molecule has 4 N–H and O–H groups in total. The Morgan fingerprint density at radius 3 is 2.42 bits per heavy atom. The smallest absolute Gasteiger partial charge is 0.472 e. The summed E-state index contributed by atoms with van der Waals surface area (Å²) in [6, 6.07) is 3.41. The predicted molar refractivity (Wildman–Crippen MR) is 207 cm³/mol. The topological polar surface area (TPSA) is 193 Å². The number of benzene rings is 2. The van der Waals surface area contributed by atoms with Crippen LogP contribution in [0.15, 0.2) is 48.6 Å². The van der Waals surface area contributed by atoms with Gasteiger partial charge in [0.25, 0.3) is 11.8 Å². The van der Waals surface area contributed by atoms with Crippen molar-refractivity contribution >= 4 is 55.3 Å². The van der Waals surface area contributed by atoms with Crippen molar-refractivity contribution in [2.45, 2.75) is 119 Å². The normalized spacial score (nSPS) is 25.1. The van der Waals surface area contributed by atoms with Crippen LogP contribution in [0.25, 0.3) is 21.7 Å². The van der Waals surface area contributed by atoms with Gasteiger partial charge in [0.2, 0.25) is 33.8 Å². The number of aromatic nitrogens is 1. The van der Waals surface area contributed by atoms with Gasteiger partial charge in [-0.15, -0.1) is 13.2 Å². The van der Waals surface area contributed by atoms with Gasteiger partial charge >= 0.3 is 12.5 Å². The molecule has 2 aromatic carbocycles. The number of rotatable bonds is 9. The molecule has 0 bridgehead atoms. The zero-order valence-corrected chi connectivity index (χ0v) is 34.3. The number of amides is 4. The molecule has 3 aromatic rings. The van der Waals surface area contributed by atoms with Crippen molar-refractivity contribution < 1.29 is 72.9 Å². The molecule has 2 fully saturated rings. The minimum atomic E-state index is -5.39. The van der Waals surface area contributed by atoms with E-state index in [1.165, 1.54) is 26.0 Å². The van der Waals surface area contributed by atoms with E-state index in [4.69, 9.17) is 4.74 Å². The van der Waals surface area contributed by atoms with Gasteiger partial charge in [-0.1, -0.05) is 38.0 Å². The highest BCUT2D eigenvalue weighted by Crippen LogP contribution is 2.46. The molecule has 0 unspecified atom stereocenters. The number of allylic oxidation sites excluding steroid dienone is 1. The van der Waals surface area contributed by atoms with Gasteiger partial charge in [-0.25, -0.2) is 17.8 Å². The first kappa shape index (κ1) is 46.3. The molecule has 14 nitrogen and oxygen atoms in total. The lowest BCUT2D eigenvalue weighted by molar-refractivity contribution is -0.274. The van der Waals surface area contributed by atoms with Crippen LogP contribution in [-0.2, 0) is 29.2 Å². The molecule has 6 atom stereocenters. The standard InChI is InChI=1S/C40H44F7N5O9S/c1-4-37(2,3)62(58,59)51-36(57)38-19-21(38)10-8-6-5-7-9-11-28(48-33(55)31(53)39(42,43)44)35(56)52-20-24(18-30(52)32(54)50-38)60-34-27-16-22(41)12-14-25(27)26-15-13-23(17-29(26)49-34)61-40(45,46)47/h8,10,12-17,21,24,28,30-31,53H,4-7,9,11,18-20H2,1-3H3,(H,48,55)(H,50,54)(H,51,57)/b10-8-/t21-,24-,28+,30+,31+,38-/m1/s1. The first-order valence-electron chi connectivity index (χ1n) is 19.7. The molecular weight excluding hydrogens is 860 g/mol. The van der Waals surface area contributed by atoms with Crippen LogP contribution in [0.1, 0.15) is 72.1 Å². The van der Waals surface area contributed by atoms with Crippen LogP contribution in [0.3, 0.4) is 0 Å². The van der Waals surface area contributed by atoms with Gasteiger partial charge in [-0.05, 0) is 75.6 Å². The van der Waals surface area contributed by atoms with E-state index < -0.39 is 111 Å². The molecule has 338 valence electrons. The number of hydrogen-bond acceptors (Lipinski definition) is 10. The van der Waals surface area contributed by atoms with Gasteiger partial charge in [0.15, 0.2) is 0 Å². The van der Waals surface area contributed by atoms with E-state index in [1.807, 2.05) is 5.32 Å². The second-order valence-electron chi connectivity index (χ2n) is 16.2. The van der Waals surface area contributed by atoms with Gasteiger partial charge in [-0.3, -0.25) is 23.9 Å². The Morgan fingerprint density at radius 1 is 1.03 bits per heavy atom. The molecule has 1 saturated heterocycles. The summed E-state index contributed by atoms with van der Waals surface area (Å²) in [4.78, 5) is 60.6. The molecular formula is C40H44F7N5O9S. The number of alkyl halides is 6. The third kappa shape index (κ3) is 9.85. The highest BCUT2D eigenvalue weighted by Gasteiger charge is 2.62. The van der Waals surface area contributed by atoms with E-state index in [9.17, 15) is 63.4 Å². The number of ether oxygens (including phenoxy) is 2. The average Bonchev–Trinajstić information content (AvgIpc) is 3.71. The summed E-state index contributed by atoms with van der Waals surface area (Å²) < 4.78 is 132. The van der Waals surface area contributed by atoms with E-state index in [2.05, 4.69) is 19.8 Å². The van der Waals surface area contributed by atoms with Crippen LogP contribution in [0, 0.1) is 11.7 Å². The number of aliphatic hydroxyl groups excluding tert-OH is 1. The fourth-order valence-corrected chi connectivity index (χ4v) is 8.56. The molecule has 0 spiro atoms. The van der Waals surface area contributed by atoms with Crippen molar-refractivity contribution in [1.29, 1.82) is 0 Å². The third-order valence-corrected chi connectivity index (χ3v) is 13.7. The molecule has 3 heterocycles. The van der Waals surface area contributed by atoms with E-state index in [0.717, 1.165) is 29.2 Å². The van der Waals surface area contributed by atoms with E-state index >= 15 is 0 Å². The summed E-state index contributed by atoms with van der Waals surface area (Å²) in [6.45, 7) is 3.89. The lowest BCUT2D eigenvalue weighted by Crippen LogP contribution is -2.59. The van der Waals surface area contributed by atoms with Crippen molar-refractivity contribution in [1.82, 2.24) is 25.2 Å². The SMILES string of the molecule is CCC(C)(C)S(=O)(=O)NC(=O)[C@@]12C[C@H]1/C=C\CCCCC[C@H](NC(=O)[C@H](O)C(F)(F)F)C(=O)N1C[C@H](Oc3nc4cc(OC(F)(F)F)ccc4c4ccc(F)cc34)C[C@H]1C(=O)N2. The molecule has 22 heteroatoms. The first-order valence-corrected chi connectivity index (χ1v) is 21.2. The molecule has 1 saturated carbocycles. The summed E-state index contributed by atoms with van der Waals surface area (Å²) in [5.41, 5.74) is -1.91. The molecule has 1 aromatic heterocycles. The quantitative estimate of drug-likeness (QED) is 0.126. The number of hydrogen-bond donors (Lipinski definition) is 4. The Morgan fingerprint density at radius 2 is 1.74 bits per heavy atom. The van der Waals surface area contributed by atoms with Gasteiger partial charge in [0, 0.05) is 29.2 Å². The average molecular weight is 904 g/mol. The van der Waals surface area contributed by atoms with E-state index in [-0.39, 0.29) is 53.2 Å². The summed E-state index contributed by atoms with van der Waals surface area (Å²) in [5.74, 6) is -7.49. The minimum Gasteiger partial charge on any atom is -0.472 e. The highest BCUT2D eigenvalue weighted by atomic mass is 32.2. The number of carbonyl (C=O) groups excluding carboxylic acids is 4. The van der Waals surface area contributed by atoms with Crippen LogP contribution in [0.5, 0.6) is 11.6 Å². The van der Waals surface area contributed by atoms with Gasteiger partial charge in [-0.2, -0.15) is 13.2 Å². The van der Waals surface area contributed by atoms with Gasteiger partial charge in [0.1, 0.15) is 35.3 Å². The van der Waals surface area contributed by atoms with Crippen molar-refractivity contribution in [2.24, 2.45) is 5.92 Å². The van der Waals surface area contributed by atoms with E-state index in [0.29, 0.717) is 19.3 Å². The van der Waals surface area contributed by atoms with Crippen molar-refractivity contribution in [3.8, 4) is 11.6 Å². The summed E-state index contributed by atoms with van der Waals surface area (Å²) in [6.07, 6.45) is -10.9. The lowest BCUT2D eigenvalue weighted by atomic mass is 10.0. The number of nitrogens with zero attached hydrogens (tertiary/aromatic N) is 2. The minimum absolute atomic E-state index is 0.0351. The lowest BCUT2D eigenvalue weighted by Gasteiger charge is -2.30. The fraction of sp³-hybridized carbons (Fsp3) is 0.525. The Bertz CT molecular complexity index is 2390. The Balaban J connectivity index is 1.39. The Labute approximate surface area is 350 Å². The molecule has 0 radical (unpaired) electrons. The maximum atomic E-state index is 14.7. The maximum Gasteiger partial charge on any atom is 0.573 e. The fourth-order valence-electron chi connectivity index (χ4n) is 7.48. The summed E-state index contributed by atoms with van der Waals surface area (Å²) in [5, 5.41) is 14.9. The van der Waals surface area contributed by atoms with Crippen LogP contribution < -0.4 is 24.8 Å². The number of nitrogens with one attached hydrogen (secondary N) is 3. The Kier molecular flexibility index (Phi) is 12.8. The molecule has 6 rings (SSSR count). The first-order chi connectivity index (χ1) is 28.9. The second-order valence-corrected chi connectivity index (χ2v) is 18.5. The maximum absolute atomic E-state index is 14.7. The van der Waals surface area contributed by atoms with Crippen LogP contribution in [0.2, 0.25) is 0 Å². The van der Waals surface area contributed by atoms with E-state index in [1.54, 1.807) is 19.1 Å². The van der Waals surface area contributed by atoms with Crippen molar-refractivity contribution in [3.63, 3.8) is 0 Å². The number of sulfonamides is 1. The van der Waals surface area contributed by atoms with Gasteiger partial charge in [0.05, 0.1) is 16.8 Å². The monoisotopic (exact) mass is 903 g/mol. The van der Waals surface area contributed by atoms with Crippen LogP contribution in [-0.4, -0.2) is 101 Å². The number of aliphatic hydroxyl groups is 1. The zero-order chi connectivity index (χ0) is 45.6. The Hall–Kier alpha value is -5.25. The summed E-state index contributed by atoms with van der Waals surface area (Å²) in [7, 11) is -4.31. The molecule has 62 heavy (non-hydrogen) atoms. The largest absolute Gasteiger partial charge is 0.573 e. The number of fused-ring (bicyclic) bond motifs is 5. The third-order valence-electron chi connectivity index (χ3n) is 11.5. The molecule has 4 amide bonds.